The molecule has 1 rings (SSSR count). The van der Waals surface area contributed by atoms with Gasteiger partial charge in [-0.1, -0.05) is 0 Å². The summed E-state index contributed by atoms with van der Waals surface area (Å²) >= 11 is 3.31. The number of hydrogen-bond donors (Lipinski definition) is 2. The van der Waals surface area contributed by atoms with Gasteiger partial charge in [0.05, 0.1) is 16.8 Å². The summed E-state index contributed by atoms with van der Waals surface area (Å²) in [5.74, 6) is 0.544. The Bertz CT molecular complexity index is 293. The molecular formula is C8H12BrN3O. The summed E-state index contributed by atoms with van der Waals surface area (Å²) < 4.78 is 0.884. The average molecular weight is 246 g/mol. The summed E-state index contributed by atoms with van der Waals surface area (Å²) in [5, 5.41) is 11.8. The van der Waals surface area contributed by atoms with E-state index in [0.29, 0.717) is 5.95 Å². The molecule has 0 fully saturated rings. The van der Waals surface area contributed by atoms with Crippen molar-refractivity contribution in [3.63, 3.8) is 0 Å². The van der Waals surface area contributed by atoms with E-state index < -0.39 is 0 Å². The van der Waals surface area contributed by atoms with Crippen LogP contribution < -0.4 is 5.32 Å². The van der Waals surface area contributed by atoms with Crippen LogP contribution in [0.3, 0.4) is 0 Å². The molecule has 0 aromatic carbocycles. The van der Waals surface area contributed by atoms with Gasteiger partial charge in [0.2, 0.25) is 5.95 Å². The van der Waals surface area contributed by atoms with Crippen molar-refractivity contribution < 1.29 is 5.11 Å². The lowest BCUT2D eigenvalue weighted by atomic mass is 10.4. The van der Waals surface area contributed by atoms with E-state index in [4.69, 9.17) is 5.11 Å². The van der Waals surface area contributed by atoms with Gasteiger partial charge in [-0.15, -0.1) is 0 Å². The molecule has 0 amide bonds. The van der Waals surface area contributed by atoms with Gasteiger partial charge in [0.25, 0.3) is 0 Å². The van der Waals surface area contributed by atoms with Crippen molar-refractivity contribution in [3.8, 4) is 0 Å². The largest absolute Gasteiger partial charge is 0.394 e. The molecule has 5 heteroatoms. The van der Waals surface area contributed by atoms with E-state index in [2.05, 4.69) is 31.2 Å². The summed E-state index contributed by atoms with van der Waals surface area (Å²) in [6.45, 7) is 3.82. The van der Waals surface area contributed by atoms with Crippen molar-refractivity contribution in [2.45, 2.75) is 19.9 Å². The molecule has 1 heterocycles. The van der Waals surface area contributed by atoms with Crippen LogP contribution in [0.25, 0.3) is 0 Å². The highest BCUT2D eigenvalue weighted by atomic mass is 79.9. The van der Waals surface area contributed by atoms with Gasteiger partial charge < -0.3 is 10.4 Å². The summed E-state index contributed by atoms with van der Waals surface area (Å²) in [6, 6.07) is -0.0272. The smallest absolute Gasteiger partial charge is 0.223 e. The fraction of sp³-hybridized carbons (Fsp3) is 0.500. The number of nitrogens with zero attached hydrogens (tertiary/aromatic N) is 2. The van der Waals surface area contributed by atoms with Gasteiger partial charge in [-0.25, -0.2) is 9.97 Å². The number of aryl methyl sites for hydroxylation is 1. The second kappa shape index (κ2) is 4.53. The Morgan fingerprint density at radius 1 is 1.69 bits per heavy atom. The zero-order valence-electron chi connectivity index (χ0n) is 7.58. The van der Waals surface area contributed by atoms with E-state index >= 15 is 0 Å². The van der Waals surface area contributed by atoms with Crippen molar-refractivity contribution in [2.24, 2.45) is 0 Å². The second-order valence-electron chi connectivity index (χ2n) is 2.85. The van der Waals surface area contributed by atoms with Crippen molar-refractivity contribution in [1.29, 1.82) is 0 Å². The third-order valence-corrected chi connectivity index (χ3v) is 2.35. The molecule has 0 aliphatic heterocycles. The monoisotopic (exact) mass is 245 g/mol. The van der Waals surface area contributed by atoms with Crippen molar-refractivity contribution in [3.05, 3.63) is 16.4 Å². The van der Waals surface area contributed by atoms with Crippen molar-refractivity contribution in [1.82, 2.24) is 9.97 Å². The van der Waals surface area contributed by atoms with Gasteiger partial charge in [-0.05, 0) is 29.8 Å². The molecule has 0 aliphatic carbocycles. The van der Waals surface area contributed by atoms with Gasteiger partial charge in [0.15, 0.2) is 0 Å². The molecule has 4 nitrogen and oxygen atoms in total. The highest BCUT2D eigenvalue weighted by Crippen LogP contribution is 2.13. The third-order valence-electron chi connectivity index (χ3n) is 1.57. The van der Waals surface area contributed by atoms with Crippen LogP contribution in [0.2, 0.25) is 0 Å². The molecule has 1 atom stereocenters. The number of halogens is 1. The Kier molecular flexibility index (Phi) is 3.62. The lowest BCUT2D eigenvalue weighted by molar-refractivity contribution is 0.281. The summed E-state index contributed by atoms with van der Waals surface area (Å²) in [4.78, 5) is 8.23. The Balaban J connectivity index is 2.73. The Labute approximate surface area is 85.5 Å². The van der Waals surface area contributed by atoms with Gasteiger partial charge in [0.1, 0.15) is 0 Å². The Hall–Kier alpha value is -0.680. The molecule has 72 valence electrons. The third kappa shape index (κ3) is 2.93. The lowest BCUT2D eigenvalue weighted by Crippen LogP contribution is -2.21. The average Bonchev–Trinajstić information content (AvgIpc) is 2.11. The minimum Gasteiger partial charge on any atom is -0.394 e. The molecule has 2 N–H and O–H groups in total. The molecule has 0 spiro atoms. The van der Waals surface area contributed by atoms with Crippen LogP contribution in [0.15, 0.2) is 10.7 Å². The van der Waals surface area contributed by atoms with Gasteiger partial charge in [0, 0.05) is 12.2 Å². The molecule has 0 saturated carbocycles. The molecule has 1 unspecified atom stereocenters. The van der Waals surface area contributed by atoms with Gasteiger partial charge >= 0.3 is 0 Å². The molecule has 0 bridgehead atoms. The number of anilines is 1. The van der Waals surface area contributed by atoms with Crippen LogP contribution in [-0.2, 0) is 0 Å². The molecule has 0 saturated heterocycles. The summed E-state index contributed by atoms with van der Waals surface area (Å²) in [7, 11) is 0. The number of aromatic nitrogens is 2. The first-order valence-corrected chi connectivity index (χ1v) is 4.79. The van der Waals surface area contributed by atoms with E-state index in [9.17, 15) is 0 Å². The van der Waals surface area contributed by atoms with Crippen LogP contribution >= 0.6 is 15.9 Å². The van der Waals surface area contributed by atoms with E-state index in [1.54, 1.807) is 6.20 Å². The highest BCUT2D eigenvalue weighted by molar-refractivity contribution is 9.10. The minimum absolute atomic E-state index is 0.0272. The zero-order chi connectivity index (χ0) is 9.84. The maximum Gasteiger partial charge on any atom is 0.223 e. The molecule has 1 aromatic heterocycles. The van der Waals surface area contributed by atoms with E-state index in [-0.39, 0.29) is 12.6 Å². The first-order chi connectivity index (χ1) is 6.13. The van der Waals surface area contributed by atoms with E-state index in [1.807, 2.05) is 13.8 Å². The standard InChI is InChI=1S/C8H12BrN3O/c1-5(4-13)11-8-10-3-7(9)6(2)12-8/h3,5,13H,4H2,1-2H3,(H,10,11,12). The topological polar surface area (TPSA) is 58.0 Å². The SMILES string of the molecule is Cc1nc(NC(C)CO)ncc1Br. The number of rotatable bonds is 3. The first-order valence-electron chi connectivity index (χ1n) is 4.00. The number of aliphatic hydroxyl groups excluding tert-OH is 1. The van der Waals surface area contributed by atoms with Crippen LogP contribution in [-0.4, -0.2) is 27.7 Å². The van der Waals surface area contributed by atoms with E-state index in [0.717, 1.165) is 10.2 Å². The van der Waals surface area contributed by atoms with Gasteiger partial charge in [-0.3, -0.25) is 0 Å². The minimum atomic E-state index is -0.0272. The summed E-state index contributed by atoms with van der Waals surface area (Å²) in [5.41, 5.74) is 0.877. The van der Waals surface area contributed by atoms with Crippen LogP contribution in [0, 0.1) is 6.92 Å². The zero-order valence-corrected chi connectivity index (χ0v) is 9.17. The molecular weight excluding hydrogens is 234 g/mol. The second-order valence-corrected chi connectivity index (χ2v) is 3.71. The Morgan fingerprint density at radius 3 is 2.92 bits per heavy atom. The maximum atomic E-state index is 8.79. The predicted molar refractivity (Wildman–Crippen MR) is 54.6 cm³/mol. The molecule has 13 heavy (non-hydrogen) atoms. The van der Waals surface area contributed by atoms with Crippen molar-refractivity contribution >= 4 is 21.9 Å². The fourth-order valence-electron chi connectivity index (χ4n) is 0.788. The highest BCUT2D eigenvalue weighted by Gasteiger charge is 2.03. The Morgan fingerprint density at radius 2 is 2.38 bits per heavy atom. The first kappa shape index (κ1) is 10.4. The van der Waals surface area contributed by atoms with Gasteiger partial charge in [-0.2, -0.15) is 0 Å². The normalized spacial score (nSPS) is 12.6. The number of nitrogens with one attached hydrogen (secondary N) is 1. The predicted octanol–water partition coefficient (Wildman–Crippen LogP) is 1.34. The van der Waals surface area contributed by atoms with E-state index in [1.165, 1.54) is 0 Å². The fourth-order valence-corrected chi connectivity index (χ4v) is 0.979. The van der Waals surface area contributed by atoms with Crippen LogP contribution in [0.5, 0.6) is 0 Å². The lowest BCUT2D eigenvalue weighted by Gasteiger charge is -2.10. The molecule has 0 aliphatic rings. The number of hydrogen-bond acceptors (Lipinski definition) is 4. The quantitative estimate of drug-likeness (QED) is 0.844. The van der Waals surface area contributed by atoms with Crippen molar-refractivity contribution in [2.75, 3.05) is 11.9 Å². The number of aliphatic hydroxyl groups is 1. The molecule has 0 radical (unpaired) electrons. The molecule has 1 aromatic rings. The van der Waals surface area contributed by atoms with Crippen LogP contribution in [0.4, 0.5) is 5.95 Å². The van der Waals surface area contributed by atoms with Crippen LogP contribution in [0.1, 0.15) is 12.6 Å². The summed E-state index contributed by atoms with van der Waals surface area (Å²) in [6.07, 6.45) is 1.69. The maximum absolute atomic E-state index is 8.79.